The van der Waals surface area contributed by atoms with Gasteiger partial charge in [0.05, 0.1) is 7.11 Å². The van der Waals surface area contributed by atoms with Crippen LogP contribution < -0.4 is 4.74 Å². The molecule has 0 aliphatic carbocycles. The monoisotopic (exact) mass is 453 g/mol. The van der Waals surface area contributed by atoms with Gasteiger partial charge in [-0.1, -0.05) is 36.4 Å². The third-order valence-electron chi connectivity index (χ3n) is 5.73. The van der Waals surface area contributed by atoms with Gasteiger partial charge in [-0.3, -0.25) is 0 Å². The Bertz CT molecular complexity index is 1250. The number of ether oxygens (including phenoxy) is 1. The van der Waals surface area contributed by atoms with E-state index in [1.54, 1.807) is 11.7 Å². The molecule has 0 radical (unpaired) electrons. The summed E-state index contributed by atoms with van der Waals surface area (Å²) in [5, 5.41) is 0. The van der Waals surface area contributed by atoms with E-state index < -0.39 is 11.9 Å². The number of aryl methyl sites for hydroxylation is 1. The van der Waals surface area contributed by atoms with E-state index in [1.165, 1.54) is 0 Å². The molecule has 0 aliphatic heterocycles. The van der Waals surface area contributed by atoms with Crippen molar-refractivity contribution in [2.24, 2.45) is 0 Å². The van der Waals surface area contributed by atoms with Crippen LogP contribution in [0.4, 0.5) is 13.2 Å². The van der Waals surface area contributed by atoms with Crippen LogP contribution in [-0.2, 0) is 12.6 Å². The van der Waals surface area contributed by atoms with Crippen molar-refractivity contribution >= 4 is 0 Å². The van der Waals surface area contributed by atoms with Crippen LogP contribution in [0.25, 0.3) is 22.5 Å². The van der Waals surface area contributed by atoms with E-state index in [1.807, 2.05) is 62.5 Å². The molecule has 4 aromatic rings. The van der Waals surface area contributed by atoms with E-state index in [9.17, 15) is 13.2 Å². The van der Waals surface area contributed by atoms with Crippen LogP contribution in [0, 0.1) is 6.92 Å². The zero-order valence-corrected chi connectivity index (χ0v) is 19.0. The van der Waals surface area contributed by atoms with Crippen LogP contribution in [0.15, 0.2) is 60.9 Å². The minimum Gasteiger partial charge on any atom is -0.496 e. The Kier molecular flexibility index (Phi) is 6.06. The highest BCUT2D eigenvalue weighted by atomic mass is 19.4. The maximum Gasteiger partial charge on any atom is 0.434 e. The summed E-state index contributed by atoms with van der Waals surface area (Å²) in [6.45, 7) is 5.73. The number of rotatable bonds is 6. The molecule has 4 nitrogen and oxygen atoms in total. The van der Waals surface area contributed by atoms with Gasteiger partial charge >= 0.3 is 6.18 Å². The number of hydrogen-bond donors (Lipinski definition) is 1. The van der Waals surface area contributed by atoms with E-state index in [0.717, 1.165) is 39.9 Å². The maximum absolute atomic E-state index is 13.2. The van der Waals surface area contributed by atoms with Crippen molar-refractivity contribution in [2.75, 3.05) is 7.11 Å². The fraction of sp³-hybridized carbons (Fsp3) is 0.269. The number of aromatic nitrogens is 3. The Morgan fingerprint density at radius 3 is 2.42 bits per heavy atom. The van der Waals surface area contributed by atoms with E-state index in [2.05, 4.69) is 23.0 Å². The van der Waals surface area contributed by atoms with Crippen LogP contribution in [0.1, 0.15) is 42.4 Å². The third-order valence-corrected chi connectivity index (χ3v) is 5.73. The first-order chi connectivity index (χ1) is 15.7. The number of H-pyrrole nitrogens is 1. The predicted octanol–water partition coefficient (Wildman–Crippen LogP) is 7.05. The standard InChI is InChI=1S/C26H26F3N3O/c1-16(2)32-15-23(26(27,28)29)31-25(32)19-10-8-18(9-11-19)14-21-20(12-13-30-21)24-17(3)6-5-7-22(24)33-4/h5-13,15-16,30H,14H2,1-4H3. The fourth-order valence-corrected chi connectivity index (χ4v) is 4.05. The topological polar surface area (TPSA) is 42.8 Å². The molecule has 0 unspecified atom stereocenters. The van der Waals surface area contributed by atoms with Gasteiger partial charge in [0, 0.05) is 47.2 Å². The number of benzene rings is 2. The van der Waals surface area contributed by atoms with Crippen molar-refractivity contribution in [3.05, 3.63) is 83.4 Å². The van der Waals surface area contributed by atoms with E-state index >= 15 is 0 Å². The lowest BCUT2D eigenvalue weighted by atomic mass is 9.96. The highest BCUT2D eigenvalue weighted by Gasteiger charge is 2.35. The average Bonchev–Trinajstić information content (AvgIpc) is 3.41. The molecule has 1 N–H and O–H groups in total. The zero-order valence-electron chi connectivity index (χ0n) is 19.0. The van der Waals surface area contributed by atoms with Gasteiger partial charge in [-0.15, -0.1) is 0 Å². The van der Waals surface area contributed by atoms with Gasteiger partial charge in [0.15, 0.2) is 5.69 Å². The highest BCUT2D eigenvalue weighted by molar-refractivity contribution is 5.76. The number of methoxy groups -OCH3 is 1. The van der Waals surface area contributed by atoms with E-state index in [4.69, 9.17) is 4.74 Å². The number of imidazole rings is 1. The number of aromatic amines is 1. The van der Waals surface area contributed by atoms with Crippen LogP contribution >= 0.6 is 0 Å². The fourth-order valence-electron chi connectivity index (χ4n) is 4.05. The summed E-state index contributed by atoms with van der Waals surface area (Å²) in [5.74, 6) is 1.13. The van der Waals surface area contributed by atoms with Crippen molar-refractivity contribution in [3.8, 4) is 28.3 Å². The predicted molar refractivity (Wildman–Crippen MR) is 123 cm³/mol. The largest absolute Gasteiger partial charge is 0.496 e. The van der Waals surface area contributed by atoms with E-state index in [-0.39, 0.29) is 6.04 Å². The first-order valence-corrected chi connectivity index (χ1v) is 10.7. The second-order valence-electron chi connectivity index (χ2n) is 8.34. The van der Waals surface area contributed by atoms with Crippen LogP contribution in [0.2, 0.25) is 0 Å². The lowest BCUT2D eigenvalue weighted by Crippen LogP contribution is -2.05. The summed E-state index contributed by atoms with van der Waals surface area (Å²) in [5.41, 5.74) is 5.08. The summed E-state index contributed by atoms with van der Waals surface area (Å²) >= 11 is 0. The summed E-state index contributed by atoms with van der Waals surface area (Å²) in [6.07, 6.45) is -0.847. The molecule has 7 heteroatoms. The second-order valence-corrected chi connectivity index (χ2v) is 8.34. The van der Waals surface area contributed by atoms with Crippen molar-refractivity contribution in [3.63, 3.8) is 0 Å². The van der Waals surface area contributed by atoms with Gasteiger partial charge in [0.2, 0.25) is 0 Å². The first kappa shape index (κ1) is 22.7. The molecular formula is C26H26F3N3O. The second kappa shape index (κ2) is 8.81. The van der Waals surface area contributed by atoms with Crippen LogP contribution in [-0.4, -0.2) is 21.6 Å². The van der Waals surface area contributed by atoms with Gasteiger partial charge in [0.25, 0.3) is 0 Å². The molecule has 0 saturated carbocycles. The van der Waals surface area contributed by atoms with Gasteiger partial charge in [0.1, 0.15) is 11.6 Å². The summed E-state index contributed by atoms with van der Waals surface area (Å²) < 4.78 is 46.8. The van der Waals surface area contributed by atoms with Crippen molar-refractivity contribution in [1.82, 2.24) is 14.5 Å². The van der Waals surface area contributed by atoms with Gasteiger partial charge < -0.3 is 14.3 Å². The molecule has 0 bridgehead atoms. The molecule has 33 heavy (non-hydrogen) atoms. The molecule has 0 fully saturated rings. The Balaban J connectivity index is 1.64. The molecular weight excluding hydrogens is 427 g/mol. The molecule has 0 amide bonds. The van der Waals surface area contributed by atoms with Crippen LogP contribution in [0.3, 0.4) is 0 Å². The molecule has 0 saturated heterocycles. The maximum atomic E-state index is 13.2. The Labute approximate surface area is 191 Å². The Hall–Kier alpha value is -3.48. The molecule has 2 aromatic heterocycles. The molecule has 2 aromatic carbocycles. The quantitative estimate of drug-likeness (QED) is 0.340. The Morgan fingerprint density at radius 2 is 1.79 bits per heavy atom. The highest BCUT2D eigenvalue weighted by Crippen LogP contribution is 2.36. The van der Waals surface area contributed by atoms with Crippen molar-refractivity contribution in [1.29, 1.82) is 0 Å². The van der Waals surface area contributed by atoms with Gasteiger partial charge in [-0.2, -0.15) is 13.2 Å². The lowest BCUT2D eigenvalue weighted by Gasteiger charge is -2.13. The number of halogens is 3. The lowest BCUT2D eigenvalue weighted by molar-refractivity contribution is -0.140. The average molecular weight is 454 g/mol. The Morgan fingerprint density at radius 1 is 1.06 bits per heavy atom. The molecule has 0 aliphatic rings. The number of hydrogen-bond acceptors (Lipinski definition) is 2. The van der Waals surface area contributed by atoms with Crippen LogP contribution in [0.5, 0.6) is 5.75 Å². The normalized spacial score (nSPS) is 11.9. The number of alkyl halides is 3. The van der Waals surface area contributed by atoms with Gasteiger partial charge in [-0.05, 0) is 44.0 Å². The third kappa shape index (κ3) is 4.53. The van der Waals surface area contributed by atoms with E-state index in [0.29, 0.717) is 17.8 Å². The zero-order chi connectivity index (χ0) is 23.8. The molecule has 4 rings (SSSR count). The number of nitrogens with one attached hydrogen (secondary N) is 1. The SMILES string of the molecule is COc1cccc(C)c1-c1cc[nH]c1Cc1ccc(-c2nc(C(F)(F)F)cn2C(C)C)cc1. The first-order valence-electron chi connectivity index (χ1n) is 10.7. The number of nitrogens with zero attached hydrogens (tertiary/aromatic N) is 2. The summed E-state index contributed by atoms with van der Waals surface area (Å²) in [4.78, 5) is 7.20. The van der Waals surface area contributed by atoms with Crippen molar-refractivity contribution in [2.45, 2.75) is 39.4 Å². The van der Waals surface area contributed by atoms with Crippen molar-refractivity contribution < 1.29 is 17.9 Å². The minimum atomic E-state index is -4.48. The molecule has 172 valence electrons. The molecule has 0 spiro atoms. The molecule has 2 heterocycles. The van der Waals surface area contributed by atoms with Gasteiger partial charge in [-0.25, -0.2) is 4.98 Å². The minimum absolute atomic E-state index is 0.145. The molecule has 0 atom stereocenters. The smallest absolute Gasteiger partial charge is 0.434 e. The summed E-state index contributed by atoms with van der Waals surface area (Å²) in [7, 11) is 1.66. The summed E-state index contributed by atoms with van der Waals surface area (Å²) in [6, 6.07) is 15.4.